The molecule has 1 amide bonds. The maximum Gasteiger partial charge on any atom is 0.242 e. The van der Waals surface area contributed by atoms with Crippen molar-refractivity contribution in [1.29, 1.82) is 0 Å². The van der Waals surface area contributed by atoms with Crippen LogP contribution in [0.5, 0.6) is 0 Å². The van der Waals surface area contributed by atoms with E-state index in [1.54, 1.807) is 7.11 Å². The van der Waals surface area contributed by atoms with Crippen LogP contribution in [0, 0.1) is 0 Å². The van der Waals surface area contributed by atoms with Crippen molar-refractivity contribution >= 4 is 23.2 Å². The molecule has 0 radical (unpaired) electrons. The van der Waals surface area contributed by atoms with Gasteiger partial charge >= 0.3 is 0 Å². The van der Waals surface area contributed by atoms with E-state index in [-0.39, 0.29) is 11.9 Å². The largest absolute Gasteiger partial charge is 0.380 e. The highest BCUT2D eigenvalue weighted by atomic mass is 35.5. The molecule has 122 valence electrons. The van der Waals surface area contributed by atoms with Crippen LogP contribution in [0.15, 0.2) is 48.5 Å². The zero-order valence-electron chi connectivity index (χ0n) is 13.3. The number of hydrogen-bond donors (Lipinski definition) is 2. The fourth-order valence-electron chi connectivity index (χ4n) is 2.21. The normalized spacial score (nSPS) is 11.8. The molecule has 0 bridgehead atoms. The third kappa shape index (κ3) is 5.27. The standard InChI is InChI=1S/C18H21ClN2O2/c1-13(21-16-8-5-6-14(10-16)12-23-2)18(22)20-11-15-7-3-4-9-17(15)19/h3-10,13,21H,11-12H2,1-2H3,(H,20,22)/t13-/m0/s1. The van der Waals surface area contributed by atoms with Crippen LogP contribution in [0.4, 0.5) is 5.69 Å². The SMILES string of the molecule is COCc1cccc(N[C@@H](C)C(=O)NCc2ccccc2Cl)c1. The lowest BCUT2D eigenvalue weighted by molar-refractivity contribution is -0.121. The van der Waals surface area contributed by atoms with Crippen LogP contribution in [0.25, 0.3) is 0 Å². The van der Waals surface area contributed by atoms with Crippen molar-refractivity contribution in [2.24, 2.45) is 0 Å². The summed E-state index contributed by atoms with van der Waals surface area (Å²) in [5.74, 6) is -0.0814. The van der Waals surface area contributed by atoms with E-state index >= 15 is 0 Å². The first kappa shape index (κ1) is 17.3. The maximum atomic E-state index is 12.2. The van der Waals surface area contributed by atoms with Crippen molar-refractivity contribution in [1.82, 2.24) is 5.32 Å². The van der Waals surface area contributed by atoms with Gasteiger partial charge in [-0.05, 0) is 36.2 Å². The molecule has 2 aromatic carbocycles. The van der Waals surface area contributed by atoms with Gasteiger partial charge in [-0.15, -0.1) is 0 Å². The number of rotatable bonds is 7. The Morgan fingerprint density at radius 1 is 1.22 bits per heavy atom. The molecule has 0 saturated heterocycles. The summed E-state index contributed by atoms with van der Waals surface area (Å²) >= 11 is 6.09. The molecule has 0 unspecified atom stereocenters. The molecule has 23 heavy (non-hydrogen) atoms. The minimum Gasteiger partial charge on any atom is -0.380 e. The van der Waals surface area contributed by atoms with Gasteiger partial charge in [0.1, 0.15) is 6.04 Å². The third-order valence-electron chi connectivity index (χ3n) is 3.43. The van der Waals surface area contributed by atoms with Crippen molar-refractivity contribution in [3.63, 3.8) is 0 Å². The summed E-state index contributed by atoms with van der Waals surface area (Å²) in [6, 6.07) is 14.9. The predicted octanol–water partition coefficient (Wildman–Crippen LogP) is 3.60. The molecule has 0 aliphatic rings. The fraction of sp³-hybridized carbons (Fsp3) is 0.278. The minimum absolute atomic E-state index is 0.0814. The van der Waals surface area contributed by atoms with Crippen molar-refractivity contribution in [2.75, 3.05) is 12.4 Å². The predicted molar refractivity (Wildman–Crippen MR) is 93.5 cm³/mol. The topological polar surface area (TPSA) is 50.4 Å². The molecule has 2 rings (SSSR count). The summed E-state index contributed by atoms with van der Waals surface area (Å²) in [6.45, 7) is 2.78. The number of carbonyl (C=O) groups excluding carboxylic acids is 1. The van der Waals surface area contributed by atoms with Gasteiger partial charge in [-0.2, -0.15) is 0 Å². The first-order valence-corrected chi connectivity index (χ1v) is 7.83. The van der Waals surface area contributed by atoms with Crippen LogP contribution in [0.3, 0.4) is 0 Å². The quantitative estimate of drug-likeness (QED) is 0.814. The highest BCUT2D eigenvalue weighted by molar-refractivity contribution is 6.31. The van der Waals surface area contributed by atoms with Gasteiger partial charge in [0.2, 0.25) is 5.91 Å². The number of ether oxygens (including phenoxy) is 1. The first-order chi connectivity index (χ1) is 11.1. The summed E-state index contributed by atoms with van der Waals surface area (Å²) in [5, 5.41) is 6.73. The van der Waals surface area contributed by atoms with E-state index in [1.807, 2.05) is 55.5 Å². The Labute approximate surface area is 141 Å². The zero-order valence-corrected chi connectivity index (χ0v) is 14.1. The molecule has 0 heterocycles. The Bertz CT molecular complexity index is 661. The Morgan fingerprint density at radius 3 is 2.74 bits per heavy atom. The minimum atomic E-state index is -0.352. The number of halogens is 1. The molecule has 4 nitrogen and oxygen atoms in total. The lowest BCUT2D eigenvalue weighted by Crippen LogP contribution is -2.37. The van der Waals surface area contributed by atoms with Crippen LogP contribution >= 0.6 is 11.6 Å². The van der Waals surface area contributed by atoms with E-state index in [9.17, 15) is 4.79 Å². The summed E-state index contributed by atoms with van der Waals surface area (Å²) in [6.07, 6.45) is 0. The Kier molecular flexibility index (Phi) is 6.44. The van der Waals surface area contributed by atoms with E-state index in [1.165, 1.54) is 0 Å². The Morgan fingerprint density at radius 2 is 2.00 bits per heavy atom. The van der Waals surface area contributed by atoms with Gasteiger partial charge in [0.25, 0.3) is 0 Å². The van der Waals surface area contributed by atoms with E-state index in [0.717, 1.165) is 16.8 Å². The van der Waals surface area contributed by atoms with Gasteiger partial charge in [-0.25, -0.2) is 0 Å². The molecular weight excluding hydrogens is 312 g/mol. The number of amides is 1. The highest BCUT2D eigenvalue weighted by Gasteiger charge is 2.12. The maximum absolute atomic E-state index is 12.2. The first-order valence-electron chi connectivity index (χ1n) is 7.45. The second-order valence-electron chi connectivity index (χ2n) is 5.31. The van der Waals surface area contributed by atoms with Crippen LogP contribution in [-0.4, -0.2) is 19.1 Å². The lowest BCUT2D eigenvalue weighted by atomic mass is 10.2. The number of benzene rings is 2. The molecule has 0 aromatic heterocycles. The lowest BCUT2D eigenvalue weighted by Gasteiger charge is -2.16. The van der Waals surface area contributed by atoms with Gasteiger partial charge in [-0.3, -0.25) is 4.79 Å². The van der Waals surface area contributed by atoms with Crippen LogP contribution in [-0.2, 0) is 22.7 Å². The van der Waals surface area contributed by atoms with Gasteiger partial charge in [0.15, 0.2) is 0 Å². The molecule has 2 N–H and O–H groups in total. The molecule has 0 aliphatic carbocycles. The Balaban J connectivity index is 1.90. The molecule has 0 fully saturated rings. The van der Waals surface area contributed by atoms with Gasteiger partial charge in [0.05, 0.1) is 6.61 Å². The summed E-state index contributed by atoms with van der Waals surface area (Å²) < 4.78 is 5.11. The average Bonchev–Trinajstić information content (AvgIpc) is 2.54. The molecule has 0 saturated carbocycles. The highest BCUT2D eigenvalue weighted by Crippen LogP contribution is 2.15. The number of anilines is 1. The molecular formula is C18H21ClN2O2. The number of hydrogen-bond acceptors (Lipinski definition) is 3. The van der Waals surface area contributed by atoms with Crippen molar-refractivity contribution in [2.45, 2.75) is 26.1 Å². The fourth-order valence-corrected chi connectivity index (χ4v) is 2.41. The van der Waals surface area contributed by atoms with Crippen LogP contribution in [0.2, 0.25) is 5.02 Å². The third-order valence-corrected chi connectivity index (χ3v) is 3.79. The van der Waals surface area contributed by atoms with E-state index in [0.29, 0.717) is 18.2 Å². The second-order valence-corrected chi connectivity index (χ2v) is 5.72. The van der Waals surface area contributed by atoms with Crippen LogP contribution in [0.1, 0.15) is 18.1 Å². The summed E-state index contributed by atoms with van der Waals surface area (Å²) in [5.41, 5.74) is 2.85. The summed E-state index contributed by atoms with van der Waals surface area (Å²) in [4.78, 5) is 12.2. The Hall–Kier alpha value is -2.04. The van der Waals surface area contributed by atoms with Gasteiger partial charge in [0, 0.05) is 24.4 Å². The van der Waals surface area contributed by atoms with E-state index in [4.69, 9.17) is 16.3 Å². The van der Waals surface area contributed by atoms with Crippen LogP contribution < -0.4 is 10.6 Å². The van der Waals surface area contributed by atoms with Gasteiger partial charge in [-0.1, -0.05) is 41.9 Å². The van der Waals surface area contributed by atoms with Crippen molar-refractivity contribution in [3.05, 3.63) is 64.7 Å². The van der Waals surface area contributed by atoms with E-state index in [2.05, 4.69) is 10.6 Å². The summed E-state index contributed by atoms with van der Waals surface area (Å²) in [7, 11) is 1.66. The molecule has 0 spiro atoms. The second kappa shape index (κ2) is 8.56. The molecule has 0 aliphatic heterocycles. The monoisotopic (exact) mass is 332 g/mol. The average molecular weight is 333 g/mol. The van der Waals surface area contributed by atoms with Gasteiger partial charge < -0.3 is 15.4 Å². The van der Waals surface area contributed by atoms with Crippen molar-refractivity contribution < 1.29 is 9.53 Å². The number of carbonyl (C=O) groups is 1. The molecule has 1 atom stereocenters. The molecule has 2 aromatic rings. The van der Waals surface area contributed by atoms with E-state index < -0.39 is 0 Å². The number of nitrogens with one attached hydrogen (secondary N) is 2. The zero-order chi connectivity index (χ0) is 16.7. The smallest absolute Gasteiger partial charge is 0.242 e. The molecule has 5 heteroatoms. The number of methoxy groups -OCH3 is 1. The van der Waals surface area contributed by atoms with Crippen molar-refractivity contribution in [3.8, 4) is 0 Å².